The first kappa shape index (κ1) is 12.4. The van der Waals surface area contributed by atoms with Crippen LogP contribution in [0.3, 0.4) is 0 Å². The van der Waals surface area contributed by atoms with Gasteiger partial charge in [0, 0.05) is 0 Å². The molecule has 0 radical (unpaired) electrons. The fourth-order valence-electron chi connectivity index (χ4n) is 3.27. The summed E-state index contributed by atoms with van der Waals surface area (Å²) in [6.45, 7) is 2.22. The molecular formula is C21H18. The van der Waals surface area contributed by atoms with E-state index in [0.29, 0.717) is 0 Å². The van der Waals surface area contributed by atoms with Gasteiger partial charge in [0.15, 0.2) is 0 Å². The van der Waals surface area contributed by atoms with Crippen molar-refractivity contribution < 1.29 is 0 Å². The van der Waals surface area contributed by atoms with Gasteiger partial charge in [0.1, 0.15) is 0 Å². The maximum Gasteiger partial charge on any atom is -0.00132 e. The lowest BCUT2D eigenvalue weighted by molar-refractivity contribution is 1.13. The SMILES string of the molecule is CCc1ccc2c(c1)-c1ccc(-c3ccccc3)cc1C2. The van der Waals surface area contributed by atoms with Crippen LogP contribution in [0.4, 0.5) is 0 Å². The van der Waals surface area contributed by atoms with Crippen molar-refractivity contribution in [3.05, 3.63) is 83.4 Å². The monoisotopic (exact) mass is 270 g/mol. The lowest BCUT2D eigenvalue weighted by atomic mass is 9.98. The maximum atomic E-state index is 2.36. The summed E-state index contributed by atoms with van der Waals surface area (Å²) in [6.07, 6.45) is 2.17. The van der Waals surface area contributed by atoms with Gasteiger partial charge in [-0.3, -0.25) is 0 Å². The van der Waals surface area contributed by atoms with Crippen LogP contribution in [-0.4, -0.2) is 0 Å². The zero-order chi connectivity index (χ0) is 14.2. The van der Waals surface area contributed by atoms with Crippen LogP contribution in [0, 0.1) is 0 Å². The highest BCUT2D eigenvalue weighted by molar-refractivity contribution is 5.80. The quantitative estimate of drug-likeness (QED) is 0.452. The zero-order valence-corrected chi connectivity index (χ0v) is 12.3. The highest BCUT2D eigenvalue weighted by Gasteiger charge is 2.18. The Kier molecular flexibility index (Phi) is 2.89. The van der Waals surface area contributed by atoms with Gasteiger partial charge in [-0.15, -0.1) is 0 Å². The van der Waals surface area contributed by atoms with Gasteiger partial charge in [-0.05, 0) is 51.8 Å². The maximum absolute atomic E-state index is 2.36. The highest BCUT2D eigenvalue weighted by atomic mass is 14.2. The van der Waals surface area contributed by atoms with E-state index in [4.69, 9.17) is 0 Å². The molecule has 0 unspecified atom stereocenters. The summed E-state index contributed by atoms with van der Waals surface area (Å²) < 4.78 is 0. The topological polar surface area (TPSA) is 0 Å². The Labute approximate surface area is 126 Å². The van der Waals surface area contributed by atoms with Gasteiger partial charge in [0.2, 0.25) is 0 Å². The van der Waals surface area contributed by atoms with Crippen molar-refractivity contribution in [2.45, 2.75) is 19.8 Å². The van der Waals surface area contributed by atoms with Crippen LogP contribution in [0.1, 0.15) is 23.6 Å². The number of aryl methyl sites for hydroxylation is 1. The summed E-state index contributed by atoms with van der Waals surface area (Å²) in [6, 6.07) is 24.5. The third-order valence-electron chi connectivity index (χ3n) is 4.47. The van der Waals surface area contributed by atoms with Crippen LogP contribution in [0.5, 0.6) is 0 Å². The van der Waals surface area contributed by atoms with Gasteiger partial charge in [0.25, 0.3) is 0 Å². The molecular weight excluding hydrogens is 252 g/mol. The van der Waals surface area contributed by atoms with Crippen molar-refractivity contribution >= 4 is 0 Å². The van der Waals surface area contributed by atoms with E-state index in [1.54, 1.807) is 0 Å². The third-order valence-corrected chi connectivity index (χ3v) is 4.47. The molecule has 0 heterocycles. The van der Waals surface area contributed by atoms with Gasteiger partial charge in [-0.25, -0.2) is 0 Å². The molecule has 0 bridgehead atoms. The van der Waals surface area contributed by atoms with Crippen LogP contribution in [0.2, 0.25) is 0 Å². The lowest BCUT2D eigenvalue weighted by Gasteiger charge is -2.06. The Morgan fingerprint density at radius 1 is 0.714 bits per heavy atom. The van der Waals surface area contributed by atoms with Gasteiger partial charge < -0.3 is 0 Å². The average Bonchev–Trinajstić information content (AvgIpc) is 2.92. The Bertz CT molecular complexity index is 798. The van der Waals surface area contributed by atoms with Crippen LogP contribution in [0.25, 0.3) is 22.3 Å². The highest BCUT2D eigenvalue weighted by Crippen LogP contribution is 2.39. The summed E-state index contributed by atoms with van der Waals surface area (Å²) in [4.78, 5) is 0. The second-order valence-corrected chi connectivity index (χ2v) is 5.76. The van der Waals surface area contributed by atoms with Crippen molar-refractivity contribution in [3.8, 4) is 22.3 Å². The van der Waals surface area contributed by atoms with Gasteiger partial charge in [0.05, 0.1) is 0 Å². The van der Waals surface area contributed by atoms with Crippen molar-refractivity contribution in [1.29, 1.82) is 0 Å². The molecule has 21 heavy (non-hydrogen) atoms. The van der Waals surface area contributed by atoms with Crippen molar-refractivity contribution in [2.24, 2.45) is 0 Å². The van der Waals surface area contributed by atoms with Crippen LogP contribution < -0.4 is 0 Å². The van der Waals surface area contributed by atoms with Gasteiger partial charge >= 0.3 is 0 Å². The molecule has 0 heteroatoms. The lowest BCUT2D eigenvalue weighted by Crippen LogP contribution is -1.83. The summed E-state index contributed by atoms with van der Waals surface area (Å²) in [5.41, 5.74) is 9.81. The molecule has 0 atom stereocenters. The molecule has 3 aromatic carbocycles. The Morgan fingerprint density at radius 2 is 1.57 bits per heavy atom. The molecule has 1 aliphatic rings. The third kappa shape index (κ3) is 2.08. The molecule has 0 aliphatic heterocycles. The van der Waals surface area contributed by atoms with Crippen molar-refractivity contribution in [3.63, 3.8) is 0 Å². The molecule has 4 rings (SSSR count). The zero-order valence-electron chi connectivity index (χ0n) is 12.3. The number of hydrogen-bond donors (Lipinski definition) is 0. The Morgan fingerprint density at radius 3 is 2.38 bits per heavy atom. The predicted octanol–water partition coefficient (Wildman–Crippen LogP) is 5.49. The van der Waals surface area contributed by atoms with Gasteiger partial charge in [-0.1, -0.05) is 73.7 Å². The number of rotatable bonds is 2. The first-order valence-corrected chi connectivity index (χ1v) is 7.65. The molecule has 0 amide bonds. The number of benzene rings is 3. The summed E-state index contributed by atoms with van der Waals surface area (Å²) in [5.74, 6) is 0. The minimum absolute atomic E-state index is 1.06. The van der Waals surface area contributed by atoms with Crippen molar-refractivity contribution in [1.82, 2.24) is 0 Å². The Hall–Kier alpha value is -2.34. The second kappa shape index (κ2) is 4.89. The standard InChI is InChI=1S/C21H18/c1-2-15-8-9-18-14-19-13-17(16-6-4-3-5-7-16)10-11-20(19)21(18)12-15/h3-13H,2,14H2,1H3. The molecule has 0 saturated carbocycles. The Balaban J connectivity index is 1.81. The minimum atomic E-state index is 1.06. The van der Waals surface area contributed by atoms with Crippen LogP contribution >= 0.6 is 0 Å². The van der Waals surface area contributed by atoms with Crippen LogP contribution in [0.15, 0.2) is 66.7 Å². The predicted molar refractivity (Wildman–Crippen MR) is 89.5 cm³/mol. The average molecular weight is 270 g/mol. The fraction of sp³-hybridized carbons (Fsp3) is 0.143. The molecule has 0 spiro atoms. The van der Waals surface area contributed by atoms with Crippen molar-refractivity contribution in [2.75, 3.05) is 0 Å². The molecule has 1 aliphatic carbocycles. The summed E-state index contributed by atoms with van der Waals surface area (Å²) >= 11 is 0. The van der Waals surface area contributed by atoms with Crippen LogP contribution in [-0.2, 0) is 12.8 Å². The minimum Gasteiger partial charge on any atom is -0.0622 e. The molecule has 0 nitrogen and oxygen atoms in total. The number of fused-ring (bicyclic) bond motifs is 3. The molecule has 3 aromatic rings. The fourth-order valence-corrected chi connectivity index (χ4v) is 3.27. The van der Waals surface area contributed by atoms with E-state index in [1.165, 1.54) is 38.9 Å². The van der Waals surface area contributed by atoms with E-state index in [9.17, 15) is 0 Å². The summed E-state index contributed by atoms with van der Waals surface area (Å²) in [5, 5.41) is 0. The van der Waals surface area contributed by atoms with Gasteiger partial charge in [-0.2, -0.15) is 0 Å². The largest absolute Gasteiger partial charge is 0.0622 e. The van der Waals surface area contributed by atoms with E-state index in [2.05, 4.69) is 73.7 Å². The van der Waals surface area contributed by atoms with E-state index < -0.39 is 0 Å². The molecule has 0 aromatic heterocycles. The van der Waals surface area contributed by atoms with E-state index in [0.717, 1.165) is 12.8 Å². The first-order valence-electron chi connectivity index (χ1n) is 7.65. The second-order valence-electron chi connectivity index (χ2n) is 5.76. The normalized spacial score (nSPS) is 12.0. The molecule has 102 valence electrons. The molecule has 0 fully saturated rings. The van der Waals surface area contributed by atoms with E-state index >= 15 is 0 Å². The molecule has 0 N–H and O–H groups in total. The molecule has 0 saturated heterocycles. The first-order chi connectivity index (χ1) is 10.3. The smallest absolute Gasteiger partial charge is 0.00132 e. The van der Waals surface area contributed by atoms with E-state index in [-0.39, 0.29) is 0 Å². The summed E-state index contributed by atoms with van der Waals surface area (Å²) in [7, 11) is 0. The number of hydrogen-bond acceptors (Lipinski definition) is 0. The van der Waals surface area contributed by atoms with E-state index in [1.807, 2.05) is 0 Å².